The minimum atomic E-state index is -4.35. The first-order chi connectivity index (χ1) is 8.93. The first-order valence-corrected chi connectivity index (χ1v) is 5.97. The van der Waals surface area contributed by atoms with Gasteiger partial charge in [-0.25, -0.2) is 0 Å². The number of hydrogen-bond donors (Lipinski definition) is 2. The number of halogens is 3. The number of nitrogens with one attached hydrogen (secondary N) is 1. The molecule has 19 heavy (non-hydrogen) atoms. The van der Waals surface area contributed by atoms with E-state index in [4.69, 9.17) is 4.74 Å². The van der Waals surface area contributed by atoms with Crippen LogP contribution >= 0.6 is 0 Å². The van der Waals surface area contributed by atoms with Crippen molar-refractivity contribution in [3.63, 3.8) is 0 Å². The van der Waals surface area contributed by atoms with Crippen molar-refractivity contribution in [1.82, 2.24) is 5.32 Å². The summed E-state index contributed by atoms with van der Waals surface area (Å²) in [5.74, 6) is 0. The Morgan fingerprint density at radius 1 is 1.37 bits per heavy atom. The third kappa shape index (κ3) is 6.04. The minimum absolute atomic E-state index is 0.184. The molecular weight excluding hydrogens is 259 g/mol. The molecule has 1 aromatic rings. The number of ether oxygens (including phenoxy) is 1. The van der Waals surface area contributed by atoms with Gasteiger partial charge in [-0.3, -0.25) is 0 Å². The SMILES string of the molecule is COCCNCC(O)Cc1cccc(C(F)(F)F)c1. The van der Waals surface area contributed by atoms with Crippen molar-refractivity contribution in [2.75, 3.05) is 26.8 Å². The lowest BCUT2D eigenvalue weighted by atomic mass is 10.0. The second-order valence-electron chi connectivity index (χ2n) is 4.25. The molecule has 1 unspecified atom stereocenters. The van der Waals surface area contributed by atoms with Crippen molar-refractivity contribution >= 4 is 0 Å². The molecule has 0 heterocycles. The molecule has 0 amide bonds. The van der Waals surface area contributed by atoms with Gasteiger partial charge in [-0.05, 0) is 18.1 Å². The van der Waals surface area contributed by atoms with Gasteiger partial charge in [0.05, 0.1) is 18.3 Å². The molecule has 3 nitrogen and oxygen atoms in total. The third-order valence-electron chi connectivity index (χ3n) is 2.59. The average Bonchev–Trinajstić information content (AvgIpc) is 2.34. The summed E-state index contributed by atoms with van der Waals surface area (Å²) in [7, 11) is 1.57. The Morgan fingerprint density at radius 3 is 2.74 bits per heavy atom. The van der Waals surface area contributed by atoms with E-state index < -0.39 is 17.8 Å². The van der Waals surface area contributed by atoms with Gasteiger partial charge in [0.15, 0.2) is 0 Å². The van der Waals surface area contributed by atoms with Gasteiger partial charge in [0.2, 0.25) is 0 Å². The van der Waals surface area contributed by atoms with Crippen LogP contribution in [0.15, 0.2) is 24.3 Å². The summed E-state index contributed by atoms with van der Waals surface area (Å²) in [6, 6.07) is 5.02. The molecule has 0 saturated heterocycles. The molecule has 6 heteroatoms. The van der Waals surface area contributed by atoms with E-state index in [-0.39, 0.29) is 6.42 Å². The van der Waals surface area contributed by atoms with Gasteiger partial charge in [0.1, 0.15) is 0 Å². The fourth-order valence-corrected chi connectivity index (χ4v) is 1.66. The van der Waals surface area contributed by atoms with E-state index in [1.165, 1.54) is 6.07 Å². The van der Waals surface area contributed by atoms with Crippen LogP contribution in [0.3, 0.4) is 0 Å². The van der Waals surface area contributed by atoms with Gasteiger partial charge >= 0.3 is 6.18 Å². The zero-order valence-corrected chi connectivity index (χ0v) is 10.7. The number of hydrogen-bond acceptors (Lipinski definition) is 3. The molecule has 0 aliphatic carbocycles. The molecule has 1 aromatic carbocycles. The second-order valence-corrected chi connectivity index (χ2v) is 4.25. The summed E-state index contributed by atoms with van der Waals surface area (Å²) >= 11 is 0. The highest BCUT2D eigenvalue weighted by molar-refractivity contribution is 5.26. The maximum Gasteiger partial charge on any atom is 0.416 e. The topological polar surface area (TPSA) is 41.5 Å². The quantitative estimate of drug-likeness (QED) is 0.747. The Kier molecular flexibility index (Phi) is 6.27. The standard InChI is InChI=1S/C13H18F3NO2/c1-19-6-5-17-9-12(18)8-10-3-2-4-11(7-10)13(14,15)16/h2-4,7,12,17-18H,5-6,8-9H2,1H3. The zero-order chi connectivity index (χ0) is 14.3. The molecule has 108 valence electrons. The van der Waals surface area contributed by atoms with Crippen LogP contribution in [-0.2, 0) is 17.3 Å². The summed E-state index contributed by atoms with van der Waals surface area (Å²) < 4.78 is 42.3. The van der Waals surface area contributed by atoms with Crippen LogP contribution in [0.2, 0.25) is 0 Å². The largest absolute Gasteiger partial charge is 0.416 e. The molecule has 1 atom stereocenters. The molecule has 0 fully saturated rings. The van der Waals surface area contributed by atoms with Crippen LogP contribution in [-0.4, -0.2) is 38.0 Å². The van der Waals surface area contributed by atoms with Gasteiger partial charge in [-0.15, -0.1) is 0 Å². The van der Waals surface area contributed by atoms with Crippen molar-refractivity contribution in [1.29, 1.82) is 0 Å². The molecule has 0 aromatic heterocycles. The monoisotopic (exact) mass is 277 g/mol. The Balaban J connectivity index is 2.48. The normalized spacial score (nSPS) is 13.5. The lowest BCUT2D eigenvalue weighted by Gasteiger charge is -2.13. The number of alkyl halides is 3. The molecule has 1 rings (SSSR count). The lowest BCUT2D eigenvalue weighted by Crippen LogP contribution is -2.30. The first kappa shape index (κ1) is 15.9. The number of methoxy groups -OCH3 is 1. The van der Waals surface area contributed by atoms with Gasteiger partial charge in [0.25, 0.3) is 0 Å². The molecule has 2 N–H and O–H groups in total. The molecule has 0 aliphatic heterocycles. The number of rotatable bonds is 7. The Bertz CT molecular complexity index is 382. The van der Waals surface area contributed by atoms with E-state index >= 15 is 0 Å². The van der Waals surface area contributed by atoms with Crippen LogP contribution in [0.25, 0.3) is 0 Å². The molecule has 0 spiro atoms. The zero-order valence-electron chi connectivity index (χ0n) is 10.7. The predicted octanol–water partition coefficient (Wildman–Crippen LogP) is 1.84. The maximum atomic E-state index is 12.5. The highest BCUT2D eigenvalue weighted by atomic mass is 19.4. The summed E-state index contributed by atoms with van der Waals surface area (Å²) in [5, 5.41) is 12.7. The predicted molar refractivity (Wildman–Crippen MR) is 65.9 cm³/mol. The van der Waals surface area contributed by atoms with E-state index in [1.807, 2.05) is 0 Å². The van der Waals surface area contributed by atoms with Crippen LogP contribution in [0.5, 0.6) is 0 Å². The summed E-state index contributed by atoms with van der Waals surface area (Å²) in [4.78, 5) is 0. The smallest absolute Gasteiger partial charge is 0.391 e. The van der Waals surface area contributed by atoms with Gasteiger partial charge in [0, 0.05) is 20.2 Å². The highest BCUT2D eigenvalue weighted by Crippen LogP contribution is 2.29. The number of benzene rings is 1. The van der Waals surface area contributed by atoms with E-state index in [9.17, 15) is 18.3 Å². The Labute approximate surface area is 110 Å². The molecule has 0 radical (unpaired) electrons. The van der Waals surface area contributed by atoms with Gasteiger partial charge in [-0.2, -0.15) is 13.2 Å². The van der Waals surface area contributed by atoms with Crippen LogP contribution in [0.1, 0.15) is 11.1 Å². The highest BCUT2D eigenvalue weighted by Gasteiger charge is 2.30. The van der Waals surface area contributed by atoms with Crippen molar-refractivity contribution in [2.24, 2.45) is 0 Å². The van der Waals surface area contributed by atoms with Gasteiger partial charge in [-0.1, -0.05) is 18.2 Å². The van der Waals surface area contributed by atoms with E-state index in [2.05, 4.69) is 5.32 Å². The minimum Gasteiger partial charge on any atom is -0.391 e. The third-order valence-corrected chi connectivity index (χ3v) is 2.59. The average molecular weight is 277 g/mol. The Hall–Kier alpha value is -1.11. The Morgan fingerprint density at radius 2 is 2.11 bits per heavy atom. The van der Waals surface area contributed by atoms with Crippen molar-refractivity contribution < 1.29 is 23.0 Å². The van der Waals surface area contributed by atoms with Crippen LogP contribution in [0, 0.1) is 0 Å². The van der Waals surface area contributed by atoms with Crippen molar-refractivity contribution in [3.05, 3.63) is 35.4 Å². The number of aliphatic hydroxyl groups excluding tert-OH is 1. The van der Waals surface area contributed by atoms with Crippen LogP contribution in [0.4, 0.5) is 13.2 Å². The number of aliphatic hydroxyl groups is 1. The summed E-state index contributed by atoms with van der Waals surface area (Å²) in [5.41, 5.74) is -0.222. The van der Waals surface area contributed by atoms with E-state index in [0.717, 1.165) is 12.1 Å². The van der Waals surface area contributed by atoms with E-state index in [1.54, 1.807) is 13.2 Å². The summed E-state index contributed by atoms with van der Waals surface area (Å²) in [6.07, 6.45) is -4.89. The maximum absolute atomic E-state index is 12.5. The van der Waals surface area contributed by atoms with Crippen molar-refractivity contribution in [2.45, 2.75) is 18.7 Å². The molecule has 0 bridgehead atoms. The first-order valence-electron chi connectivity index (χ1n) is 5.97. The summed E-state index contributed by atoms with van der Waals surface area (Å²) in [6.45, 7) is 1.44. The van der Waals surface area contributed by atoms with Crippen LogP contribution < -0.4 is 5.32 Å². The van der Waals surface area contributed by atoms with Crippen molar-refractivity contribution in [3.8, 4) is 0 Å². The lowest BCUT2D eigenvalue weighted by molar-refractivity contribution is -0.137. The molecule has 0 saturated carbocycles. The van der Waals surface area contributed by atoms with E-state index in [0.29, 0.717) is 25.3 Å². The molecule has 0 aliphatic rings. The fourth-order valence-electron chi connectivity index (χ4n) is 1.66. The van der Waals surface area contributed by atoms with Gasteiger partial charge < -0.3 is 15.2 Å². The fraction of sp³-hybridized carbons (Fsp3) is 0.538. The second kappa shape index (κ2) is 7.47. The molecular formula is C13H18F3NO2.